The lowest BCUT2D eigenvalue weighted by molar-refractivity contribution is -0.145. The Morgan fingerprint density at radius 1 is 1.32 bits per heavy atom. The first kappa shape index (κ1) is 17.6. The summed E-state index contributed by atoms with van der Waals surface area (Å²) in [5.41, 5.74) is 4.03. The highest BCUT2D eigenvalue weighted by Gasteiger charge is 2.32. The van der Waals surface area contributed by atoms with Gasteiger partial charge in [0.2, 0.25) is 5.91 Å². The molecule has 1 atom stereocenters. The molecule has 1 fully saturated rings. The fourth-order valence-corrected chi connectivity index (χ4v) is 3.37. The van der Waals surface area contributed by atoms with Gasteiger partial charge in [0.15, 0.2) is 0 Å². The molecule has 25 heavy (non-hydrogen) atoms. The van der Waals surface area contributed by atoms with Crippen molar-refractivity contribution in [3.8, 4) is 5.69 Å². The topological polar surface area (TPSA) is 56.6 Å². The second-order valence-corrected chi connectivity index (χ2v) is 6.15. The monoisotopic (exact) mass is 343 g/mol. The van der Waals surface area contributed by atoms with E-state index in [1.807, 2.05) is 60.7 Å². The van der Waals surface area contributed by atoms with Crippen LogP contribution in [0.3, 0.4) is 0 Å². The van der Waals surface area contributed by atoms with Crippen LogP contribution in [0.2, 0.25) is 0 Å². The van der Waals surface area contributed by atoms with Gasteiger partial charge in [-0.2, -0.15) is 5.10 Å². The Morgan fingerprint density at radius 2 is 2.08 bits per heavy atom. The average Bonchev–Trinajstić information content (AvgIpc) is 2.94. The van der Waals surface area contributed by atoms with E-state index in [2.05, 4.69) is 0 Å². The van der Waals surface area contributed by atoms with Crippen molar-refractivity contribution in [3.05, 3.63) is 47.3 Å². The largest absolute Gasteiger partial charge is 0.377 e. The van der Waals surface area contributed by atoms with Crippen molar-refractivity contribution >= 4 is 5.91 Å². The smallest absolute Gasteiger partial charge is 0.249 e. The van der Waals surface area contributed by atoms with E-state index in [1.165, 1.54) is 0 Å². The third-order valence-electron chi connectivity index (χ3n) is 4.56. The number of benzene rings is 1. The first-order chi connectivity index (χ1) is 12.1. The molecule has 3 rings (SSSR count). The lowest BCUT2D eigenvalue weighted by Crippen LogP contribution is -2.45. The normalized spacial score (nSPS) is 17.7. The molecule has 1 saturated heterocycles. The first-order valence-corrected chi connectivity index (χ1v) is 8.70. The highest BCUT2D eigenvalue weighted by atomic mass is 16.5. The number of aryl methyl sites for hydroxylation is 1. The van der Waals surface area contributed by atoms with Crippen LogP contribution in [0.5, 0.6) is 0 Å². The molecule has 0 radical (unpaired) electrons. The van der Waals surface area contributed by atoms with Crippen molar-refractivity contribution in [1.82, 2.24) is 14.7 Å². The summed E-state index contributed by atoms with van der Waals surface area (Å²) in [5.74, 6) is 0.00131. The Morgan fingerprint density at radius 3 is 2.80 bits per heavy atom. The molecule has 6 nitrogen and oxygen atoms in total. The van der Waals surface area contributed by atoms with Crippen molar-refractivity contribution in [2.45, 2.75) is 26.8 Å². The number of aromatic nitrogens is 2. The number of rotatable bonds is 5. The molecule has 2 aromatic rings. The summed E-state index contributed by atoms with van der Waals surface area (Å²) in [7, 11) is 0. The Balaban J connectivity index is 1.94. The SMILES string of the molecule is CCOCC(=O)N1CCOCC1c1c(C)nn(-c2ccccc2)c1C. The zero-order valence-electron chi connectivity index (χ0n) is 15.1. The first-order valence-electron chi connectivity index (χ1n) is 8.70. The average molecular weight is 343 g/mol. The highest BCUT2D eigenvalue weighted by molar-refractivity contribution is 5.78. The molecule has 0 aliphatic carbocycles. The number of hydrogen-bond donors (Lipinski definition) is 0. The van der Waals surface area contributed by atoms with E-state index in [4.69, 9.17) is 14.6 Å². The van der Waals surface area contributed by atoms with E-state index in [1.54, 1.807) is 0 Å². The zero-order valence-corrected chi connectivity index (χ0v) is 15.1. The molecule has 0 spiro atoms. The van der Waals surface area contributed by atoms with Crippen LogP contribution in [0.15, 0.2) is 30.3 Å². The summed E-state index contributed by atoms with van der Waals surface area (Å²) in [6, 6.07) is 9.90. The maximum Gasteiger partial charge on any atom is 0.249 e. The number of hydrogen-bond acceptors (Lipinski definition) is 4. The Bertz CT molecular complexity index is 727. The van der Waals surface area contributed by atoms with Crippen molar-refractivity contribution < 1.29 is 14.3 Å². The molecular formula is C19H25N3O3. The predicted molar refractivity (Wildman–Crippen MR) is 94.8 cm³/mol. The number of ether oxygens (including phenoxy) is 2. The van der Waals surface area contributed by atoms with Crippen LogP contribution < -0.4 is 0 Å². The van der Waals surface area contributed by atoms with Gasteiger partial charge in [-0.3, -0.25) is 4.79 Å². The van der Waals surface area contributed by atoms with E-state index >= 15 is 0 Å². The van der Waals surface area contributed by atoms with Gasteiger partial charge in [0, 0.05) is 24.4 Å². The van der Waals surface area contributed by atoms with Gasteiger partial charge >= 0.3 is 0 Å². The molecule has 1 unspecified atom stereocenters. The maximum absolute atomic E-state index is 12.6. The Labute approximate surface area is 148 Å². The van der Waals surface area contributed by atoms with Crippen LogP contribution in [-0.2, 0) is 14.3 Å². The quantitative estimate of drug-likeness (QED) is 0.837. The molecular weight excluding hydrogens is 318 g/mol. The number of carbonyl (C=O) groups excluding carboxylic acids is 1. The second kappa shape index (κ2) is 7.80. The van der Waals surface area contributed by atoms with Crippen LogP contribution in [0.25, 0.3) is 5.69 Å². The molecule has 1 aromatic carbocycles. The molecule has 1 aliphatic rings. The van der Waals surface area contributed by atoms with Gasteiger partial charge in [-0.15, -0.1) is 0 Å². The molecule has 134 valence electrons. The minimum atomic E-state index is -0.126. The molecule has 0 saturated carbocycles. The van der Waals surface area contributed by atoms with Crippen LogP contribution >= 0.6 is 0 Å². The summed E-state index contributed by atoms with van der Waals surface area (Å²) < 4.78 is 12.9. The van der Waals surface area contributed by atoms with E-state index in [0.29, 0.717) is 26.4 Å². The summed E-state index contributed by atoms with van der Waals surface area (Å²) in [5, 5.41) is 4.70. The second-order valence-electron chi connectivity index (χ2n) is 6.15. The number of nitrogens with zero attached hydrogens (tertiary/aromatic N) is 3. The summed E-state index contributed by atoms with van der Waals surface area (Å²) >= 11 is 0. The summed E-state index contributed by atoms with van der Waals surface area (Å²) in [6.07, 6.45) is 0. The number of amides is 1. The summed E-state index contributed by atoms with van der Waals surface area (Å²) in [4.78, 5) is 14.4. The third-order valence-corrected chi connectivity index (χ3v) is 4.56. The molecule has 2 heterocycles. The highest BCUT2D eigenvalue weighted by Crippen LogP contribution is 2.30. The minimum absolute atomic E-state index is 0.00131. The van der Waals surface area contributed by atoms with Gasteiger partial charge in [0.05, 0.1) is 30.6 Å². The number of para-hydroxylation sites is 1. The zero-order chi connectivity index (χ0) is 17.8. The van der Waals surface area contributed by atoms with Crippen molar-refractivity contribution in [2.24, 2.45) is 0 Å². The van der Waals surface area contributed by atoms with Gasteiger partial charge in [0.25, 0.3) is 0 Å². The number of carbonyl (C=O) groups is 1. The van der Waals surface area contributed by atoms with Gasteiger partial charge in [-0.1, -0.05) is 18.2 Å². The van der Waals surface area contributed by atoms with Gasteiger partial charge < -0.3 is 14.4 Å². The molecule has 1 aromatic heterocycles. The van der Waals surface area contributed by atoms with Crippen molar-refractivity contribution in [3.63, 3.8) is 0 Å². The fraction of sp³-hybridized carbons (Fsp3) is 0.474. The van der Waals surface area contributed by atoms with Gasteiger partial charge in [-0.25, -0.2) is 4.68 Å². The van der Waals surface area contributed by atoms with E-state index in [0.717, 1.165) is 22.6 Å². The third kappa shape index (κ3) is 3.60. The molecule has 6 heteroatoms. The maximum atomic E-state index is 12.6. The lowest BCUT2D eigenvalue weighted by atomic mass is 10.0. The van der Waals surface area contributed by atoms with Gasteiger partial charge in [-0.05, 0) is 32.9 Å². The van der Waals surface area contributed by atoms with E-state index in [9.17, 15) is 4.79 Å². The van der Waals surface area contributed by atoms with Crippen molar-refractivity contribution in [2.75, 3.05) is 33.0 Å². The van der Waals surface area contributed by atoms with E-state index < -0.39 is 0 Å². The lowest BCUT2D eigenvalue weighted by Gasteiger charge is -2.36. The van der Waals surface area contributed by atoms with Gasteiger partial charge in [0.1, 0.15) is 6.61 Å². The molecule has 0 N–H and O–H groups in total. The standard InChI is InChI=1S/C19H25N3O3/c1-4-24-13-18(23)21-10-11-25-12-17(21)19-14(2)20-22(15(19)3)16-8-6-5-7-9-16/h5-9,17H,4,10-13H2,1-3H3. The Kier molecular flexibility index (Phi) is 5.50. The van der Waals surface area contributed by atoms with Crippen LogP contribution in [0, 0.1) is 13.8 Å². The van der Waals surface area contributed by atoms with Crippen molar-refractivity contribution in [1.29, 1.82) is 0 Å². The predicted octanol–water partition coefficient (Wildman–Crippen LogP) is 2.43. The minimum Gasteiger partial charge on any atom is -0.377 e. The molecule has 0 bridgehead atoms. The molecule has 1 amide bonds. The molecule has 1 aliphatic heterocycles. The summed E-state index contributed by atoms with van der Waals surface area (Å²) in [6.45, 7) is 8.18. The van der Waals surface area contributed by atoms with Crippen LogP contribution in [-0.4, -0.2) is 53.6 Å². The van der Waals surface area contributed by atoms with Crippen LogP contribution in [0.1, 0.15) is 29.9 Å². The van der Waals surface area contributed by atoms with Crippen LogP contribution in [0.4, 0.5) is 0 Å². The Hall–Kier alpha value is -2.18. The van der Waals surface area contributed by atoms with E-state index in [-0.39, 0.29) is 18.6 Å². The number of morpholine rings is 1. The fourth-order valence-electron chi connectivity index (χ4n) is 3.37.